The number of amides is 4. The average Bonchev–Trinajstić information content (AvgIpc) is 3.94. The van der Waals surface area contributed by atoms with Gasteiger partial charge in [-0.15, -0.1) is 0 Å². The largest absolute Gasteiger partial charge is 0.372 e. The maximum atomic E-state index is 13.7. The zero-order valence-corrected chi connectivity index (χ0v) is 36.7. The van der Waals surface area contributed by atoms with Crippen molar-refractivity contribution < 1.29 is 19.2 Å². The van der Waals surface area contributed by atoms with Crippen LogP contribution in [0.15, 0.2) is 58.6 Å². The molecule has 15 nitrogen and oxygen atoms in total. The Kier molecular flexibility index (Phi) is 13.4. The fourth-order valence-electron chi connectivity index (χ4n) is 10.2. The van der Waals surface area contributed by atoms with Gasteiger partial charge in [0, 0.05) is 84.0 Å². The Morgan fingerprint density at radius 1 is 0.871 bits per heavy atom. The van der Waals surface area contributed by atoms with E-state index in [1.165, 1.54) is 0 Å². The molecule has 8 rings (SSSR count). The molecule has 1 saturated carbocycles. The molecule has 4 saturated heterocycles. The van der Waals surface area contributed by atoms with E-state index in [9.17, 15) is 19.2 Å². The van der Waals surface area contributed by atoms with Crippen molar-refractivity contribution in [3.05, 3.63) is 65.5 Å². The van der Waals surface area contributed by atoms with E-state index in [0.717, 1.165) is 120 Å². The molecule has 0 radical (unpaired) electrons. The summed E-state index contributed by atoms with van der Waals surface area (Å²) in [5, 5.41) is 5.72. The Labute approximate surface area is 365 Å². The molecular formula is C47H63N11O4. The number of pyridine rings is 1. The van der Waals surface area contributed by atoms with Gasteiger partial charge in [-0.05, 0) is 119 Å². The number of carbonyl (C=O) groups is 4. The number of aromatic nitrogens is 2. The summed E-state index contributed by atoms with van der Waals surface area (Å²) >= 11 is 0. The van der Waals surface area contributed by atoms with E-state index < -0.39 is 0 Å². The van der Waals surface area contributed by atoms with E-state index in [0.29, 0.717) is 61.0 Å². The van der Waals surface area contributed by atoms with Gasteiger partial charge >= 0.3 is 0 Å². The molecule has 1 unspecified atom stereocenters. The van der Waals surface area contributed by atoms with Gasteiger partial charge in [-0.2, -0.15) is 4.99 Å². The predicted molar refractivity (Wildman–Crippen MR) is 244 cm³/mol. The molecule has 2 N–H and O–H groups in total. The summed E-state index contributed by atoms with van der Waals surface area (Å²) in [5.41, 5.74) is 4.70. The molecule has 3 aromatic rings. The van der Waals surface area contributed by atoms with Gasteiger partial charge < -0.3 is 34.4 Å². The number of nitrogens with zero attached hydrogens (tertiary/aromatic N) is 9. The van der Waals surface area contributed by atoms with Crippen LogP contribution < -0.4 is 20.4 Å². The molecule has 5 aliphatic rings. The van der Waals surface area contributed by atoms with Gasteiger partial charge in [0.05, 0.1) is 17.8 Å². The van der Waals surface area contributed by atoms with Crippen molar-refractivity contribution in [2.75, 3.05) is 88.1 Å². The first-order chi connectivity index (χ1) is 30.0. The van der Waals surface area contributed by atoms with E-state index in [1.807, 2.05) is 43.5 Å². The van der Waals surface area contributed by atoms with Crippen molar-refractivity contribution in [2.24, 2.45) is 21.8 Å². The number of carbonyl (C=O) groups excluding carboxylic acids is 4. The molecule has 1 aromatic carbocycles. The third-order valence-corrected chi connectivity index (χ3v) is 13.8. The number of piperidine rings is 3. The molecule has 0 bridgehead atoms. The number of hydrogen-bond acceptors (Lipinski definition) is 9. The lowest BCUT2D eigenvalue weighted by Crippen LogP contribution is -2.52. The smallest absolute Gasteiger partial charge is 0.270 e. The second-order valence-electron chi connectivity index (χ2n) is 18.1. The van der Waals surface area contributed by atoms with Gasteiger partial charge in [0.15, 0.2) is 0 Å². The van der Waals surface area contributed by atoms with Crippen LogP contribution in [0.4, 0.5) is 23.0 Å². The Morgan fingerprint density at radius 2 is 1.60 bits per heavy atom. The maximum Gasteiger partial charge on any atom is 0.270 e. The van der Waals surface area contributed by atoms with Gasteiger partial charge in [-0.25, -0.2) is 9.98 Å². The first-order valence-electron chi connectivity index (χ1n) is 22.7. The minimum Gasteiger partial charge on any atom is -0.372 e. The van der Waals surface area contributed by atoms with Gasteiger partial charge in [-0.3, -0.25) is 24.5 Å². The summed E-state index contributed by atoms with van der Waals surface area (Å²) in [7, 11) is 3.55. The third-order valence-electron chi connectivity index (χ3n) is 13.8. The number of benzene rings is 1. The summed E-state index contributed by atoms with van der Waals surface area (Å²) < 4.78 is 2.09. The van der Waals surface area contributed by atoms with Crippen LogP contribution in [-0.4, -0.2) is 134 Å². The average molecular weight is 846 g/mol. The molecule has 1 atom stereocenters. The van der Waals surface area contributed by atoms with Crippen molar-refractivity contribution >= 4 is 59.3 Å². The van der Waals surface area contributed by atoms with Gasteiger partial charge in [0.25, 0.3) is 5.91 Å². The second-order valence-corrected chi connectivity index (χ2v) is 18.1. The van der Waals surface area contributed by atoms with Crippen LogP contribution in [0, 0.1) is 18.8 Å². The first kappa shape index (κ1) is 43.1. The standard InChI is InChI=1S/C47H63N11O4/c1-32-28-40(46(62)53(3)4)58(36-9-5-6-10-36)43(32)52-47(48-2)50-41-14-12-38(30-49-41)56-24-26-57(27-25-56)45(61)34-18-20-54(21-19-34)31-33-16-22-55(23-17-33)37-11-7-8-35(29-37)39-13-15-42(59)51-44(39)60/h7-8,11-12,14,28-30,33-34,36,39H,2,5-6,9-10,13,15-27,31H2,1,3-4H3,(H,49,50,52)(H,51,59,60). The van der Waals surface area contributed by atoms with Crippen LogP contribution in [-0.2, 0) is 14.4 Å². The quantitative estimate of drug-likeness (QED) is 0.151. The number of anilines is 3. The number of rotatable bonds is 10. The van der Waals surface area contributed by atoms with Crippen molar-refractivity contribution in [1.82, 2.24) is 29.6 Å². The highest BCUT2D eigenvalue weighted by molar-refractivity contribution is 6.01. The van der Waals surface area contributed by atoms with E-state index in [1.54, 1.807) is 19.0 Å². The predicted octanol–water partition coefficient (Wildman–Crippen LogP) is 5.61. The van der Waals surface area contributed by atoms with Crippen LogP contribution in [0.1, 0.15) is 97.8 Å². The highest BCUT2D eigenvalue weighted by atomic mass is 16.2. The molecule has 330 valence electrons. The van der Waals surface area contributed by atoms with Crippen LogP contribution in [0.2, 0.25) is 0 Å². The minimum atomic E-state index is -0.263. The topological polar surface area (TPSA) is 151 Å². The lowest BCUT2D eigenvalue weighted by Gasteiger charge is -2.40. The Bertz CT molecular complexity index is 2140. The summed E-state index contributed by atoms with van der Waals surface area (Å²) in [4.78, 5) is 75.6. The Balaban J connectivity index is 0.776. The van der Waals surface area contributed by atoms with E-state index in [4.69, 9.17) is 4.99 Å². The molecule has 0 spiro atoms. The molecule has 6 heterocycles. The SMILES string of the molecule is C=NC(=Nc1c(C)cc(C(=O)N(C)C)n1C1CCCC1)Nc1ccc(N2CCN(C(=O)C3CCN(CC4CCN(c5cccc(C6CCC(=O)NC6=O)c5)CC4)CC3)CC2)cn1. The van der Waals surface area contributed by atoms with Crippen molar-refractivity contribution in [3.63, 3.8) is 0 Å². The summed E-state index contributed by atoms with van der Waals surface area (Å²) in [6.45, 7) is 13.6. The molecule has 4 aliphatic heterocycles. The Morgan fingerprint density at radius 3 is 2.26 bits per heavy atom. The van der Waals surface area contributed by atoms with Crippen molar-refractivity contribution in [2.45, 2.75) is 83.1 Å². The highest BCUT2D eigenvalue weighted by Crippen LogP contribution is 2.38. The molecule has 4 amide bonds. The van der Waals surface area contributed by atoms with Crippen LogP contribution in [0.3, 0.4) is 0 Å². The number of nitrogens with one attached hydrogen (secondary N) is 2. The molecule has 15 heteroatoms. The van der Waals surface area contributed by atoms with Gasteiger partial charge in [0.2, 0.25) is 23.7 Å². The number of guanidine groups is 1. The van der Waals surface area contributed by atoms with Crippen LogP contribution in [0.25, 0.3) is 0 Å². The highest BCUT2D eigenvalue weighted by Gasteiger charge is 2.33. The number of hydrogen-bond donors (Lipinski definition) is 2. The number of imide groups is 1. The molecular weight excluding hydrogens is 783 g/mol. The summed E-state index contributed by atoms with van der Waals surface area (Å²) in [5.74, 6) is 1.98. The molecule has 62 heavy (non-hydrogen) atoms. The lowest BCUT2D eigenvalue weighted by atomic mass is 9.89. The number of aliphatic imine (C=N–C) groups is 2. The lowest BCUT2D eigenvalue weighted by molar-refractivity contribution is -0.137. The zero-order valence-electron chi connectivity index (χ0n) is 36.7. The fourth-order valence-corrected chi connectivity index (χ4v) is 10.2. The zero-order chi connectivity index (χ0) is 43.3. The van der Waals surface area contributed by atoms with Crippen LogP contribution >= 0.6 is 0 Å². The number of piperazine rings is 1. The minimum absolute atomic E-state index is 0.0405. The number of aryl methyl sites for hydroxylation is 1. The number of likely N-dealkylation sites (tertiary alicyclic amines) is 1. The summed E-state index contributed by atoms with van der Waals surface area (Å²) in [6, 6.07) is 14.4. The maximum absolute atomic E-state index is 13.7. The third kappa shape index (κ3) is 9.72. The normalized spacial score (nSPS) is 21.3. The fraction of sp³-hybridized carbons (Fsp3) is 0.553. The second kappa shape index (κ2) is 19.2. The summed E-state index contributed by atoms with van der Waals surface area (Å²) in [6.07, 6.45) is 11.2. The van der Waals surface area contributed by atoms with Crippen molar-refractivity contribution in [1.29, 1.82) is 0 Å². The monoisotopic (exact) mass is 846 g/mol. The van der Waals surface area contributed by atoms with E-state index in [2.05, 4.69) is 63.6 Å². The van der Waals surface area contributed by atoms with Crippen LogP contribution in [0.5, 0.6) is 0 Å². The van der Waals surface area contributed by atoms with Crippen molar-refractivity contribution in [3.8, 4) is 0 Å². The molecule has 1 aliphatic carbocycles. The Hall–Kier alpha value is -5.57. The van der Waals surface area contributed by atoms with E-state index in [-0.39, 0.29) is 35.6 Å². The molecule has 5 fully saturated rings. The molecule has 2 aromatic heterocycles. The first-order valence-corrected chi connectivity index (χ1v) is 22.7. The van der Waals surface area contributed by atoms with E-state index >= 15 is 0 Å². The van der Waals surface area contributed by atoms with Gasteiger partial charge in [0.1, 0.15) is 17.3 Å². The van der Waals surface area contributed by atoms with Gasteiger partial charge in [-0.1, -0.05) is 25.0 Å².